The molecule has 0 N–H and O–H groups in total. The number of carbonyl (C=O) groups excluding carboxylic acids is 1. The summed E-state index contributed by atoms with van der Waals surface area (Å²) in [4.78, 5) is 19.6. The Hall–Kier alpha value is -2.27. The van der Waals surface area contributed by atoms with E-state index in [0.29, 0.717) is 30.6 Å². The first-order valence-corrected chi connectivity index (χ1v) is 12.2. The maximum absolute atomic E-state index is 13.0. The van der Waals surface area contributed by atoms with Crippen molar-refractivity contribution in [2.75, 3.05) is 31.9 Å². The van der Waals surface area contributed by atoms with Gasteiger partial charge in [0.2, 0.25) is 0 Å². The number of hydrogen-bond donors (Lipinski definition) is 0. The smallest absolute Gasteiger partial charge is 0.264 e. The molecule has 0 aromatic heterocycles. The number of hydrogen-bond acceptors (Lipinski definition) is 6. The van der Waals surface area contributed by atoms with Gasteiger partial charge in [-0.2, -0.15) is 0 Å². The van der Waals surface area contributed by atoms with Crippen LogP contribution in [0.5, 0.6) is 0 Å². The Morgan fingerprint density at radius 3 is 2.24 bits per heavy atom. The van der Waals surface area contributed by atoms with E-state index in [1.54, 1.807) is 17.0 Å². The number of aryl methyl sites for hydroxylation is 1. The first kappa shape index (κ1) is 21.4. The van der Waals surface area contributed by atoms with Crippen LogP contribution in [0.25, 0.3) is 0 Å². The van der Waals surface area contributed by atoms with Crippen molar-refractivity contribution >= 4 is 31.5 Å². The quantitative estimate of drug-likeness (QED) is 0.661. The minimum atomic E-state index is -3.79. The fraction of sp³-hybridized carbons (Fsp3) is 0.316. The molecule has 1 aliphatic heterocycles. The molecule has 3 rings (SSSR count). The van der Waals surface area contributed by atoms with Gasteiger partial charge in [-0.15, -0.1) is 0 Å². The second-order valence-corrected chi connectivity index (χ2v) is 10.7. The van der Waals surface area contributed by atoms with Crippen LogP contribution in [0.1, 0.15) is 22.3 Å². The summed E-state index contributed by atoms with van der Waals surface area (Å²) in [5, 5.41) is 0. The average molecular weight is 439 g/mol. The lowest BCUT2D eigenvalue weighted by atomic mass is 10.0. The zero-order chi connectivity index (χ0) is 21.4. The van der Waals surface area contributed by atoms with Crippen LogP contribution in [0.15, 0.2) is 52.3 Å². The topological polar surface area (TPSA) is 101 Å². The van der Waals surface area contributed by atoms with Crippen molar-refractivity contribution in [3.05, 3.63) is 53.6 Å². The predicted octanol–water partition coefficient (Wildman–Crippen LogP) is 1.86. The largest absolute Gasteiger partial charge is 0.308 e. The van der Waals surface area contributed by atoms with E-state index in [9.17, 15) is 21.6 Å². The van der Waals surface area contributed by atoms with Crippen molar-refractivity contribution in [2.24, 2.45) is 0 Å². The van der Waals surface area contributed by atoms with Crippen LogP contribution >= 0.6 is 0 Å². The zero-order valence-electron chi connectivity index (χ0n) is 16.3. The highest BCUT2D eigenvalue weighted by Crippen LogP contribution is 2.31. The van der Waals surface area contributed by atoms with Crippen molar-refractivity contribution in [3.8, 4) is 0 Å². The standard InChI is InChI=1S/C19H22N2O6S2/c1-20(27-2)29(25,26)16-8-6-14(7-9-16)19(22)21-12-4-5-15-13-17(28(3,23)24)10-11-18(15)21/h6-11,13H,4-5,12H2,1-3H3. The minimum absolute atomic E-state index is 0.00948. The lowest BCUT2D eigenvalue weighted by molar-refractivity contribution is -0.0258. The highest BCUT2D eigenvalue weighted by molar-refractivity contribution is 7.90. The number of amides is 1. The first-order valence-electron chi connectivity index (χ1n) is 8.83. The Kier molecular flexibility index (Phi) is 5.81. The van der Waals surface area contributed by atoms with Crippen molar-refractivity contribution in [3.63, 3.8) is 0 Å². The third-order valence-electron chi connectivity index (χ3n) is 4.84. The zero-order valence-corrected chi connectivity index (χ0v) is 18.0. The molecule has 8 nitrogen and oxygen atoms in total. The fourth-order valence-electron chi connectivity index (χ4n) is 3.19. The van der Waals surface area contributed by atoms with Gasteiger partial charge >= 0.3 is 0 Å². The summed E-state index contributed by atoms with van der Waals surface area (Å²) in [6.07, 6.45) is 2.54. The van der Waals surface area contributed by atoms with E-state index in [1.807, 2.05) is 0 Å². The van der Waals surface area contributed by atoms with Crippen molar-refractivity contribution in [1.82, 2.24) is 4.47 Å². The van der Waals surface area contributed by atoms with E-state index >= 15 is 0 Å². The van der Waals surface area contributed by atoms with E-state index in [4.69, 9.17) is 4.84 Å². The molecule has 29 heavy (non-hydrogen) atoms. The van der Waals surface area contributed by atoms with Crippen LogP contribution in [0.3, 0.4) is 0 Å². The number of nitrogens with zero attached hydrogens (tertiary/aromatic N) is 2. The summed E-state index contributed by atoms with van der Waals surface area (Å²) < 4.78 is 48.9. The Balaban J connectivity index is 1.91. The molecule has 0 spiro atoms. The molecular formula is C19H22N2O6S2. The first-order chi connectivity index (χ1) is 13.6. The highest BCUT2D eigenvalue weighted by atomic mass is 32.2. The number of rotatable bonds is 5. The van der Waals surface area contributed by atoms with Gasteiger partial charge in [0.25, 0.3) is 15.9 Å². The van der Waals surface area contributed by atoms with Gasteiger partial charge in [-0.25, -0.2) is 16.8 Å². The molecule has 0 saturated carbocycles. The normalized spacial score (nSPS) is 14.7. The number of benzene rings is 2. The molecule has 156 valence electrons. The van der Waals surface area contributed by atoms with E-state index in [1.165, 1.54) is 44.5 Å². The van der Waals surface area contributed by atoms with Crippen molar-refractivity contribution in [2.45, 2.75) is 22.6 Å². The highest BCUT2D eigenvalue weighted by Gasteiger charge is 2.26. The molecule has 0 radical (unpaired) electrons. The lowest BCUT2D eigenvalue weighted by Gasteiger charge is -2.30. The molecule has 1 aliphatic rings. The SMILES string of the molecule is CON(C)S(=O)(=O)c1ccc(C(=O)N2CCCc3cc(S(C)(=O)=O)ccc32)cc1. The van der Waals surface area contributed by atoms with E-state index < -0.39 is 19.9 Å². The Morgan fingerprint density at radius 1 is 1.03 bits per heavy atom. The van der Waals surface area contributed by atoms with Gasteiger partial charge in [-0.05, 0) is 60.9 Å². The molecule has 0 fully saturated rings. The van der Waals surface area contributed by atoms with Gasteiger partial charge in [0.1, 0.15) is 0 Å². The molecule has 1 amide bonds. The van der Waals surface area contributed by atoms with Gasteiger partial charge < -0.3 is 4.90 Å². The molecular weight excluding hydrogens is 416 g/mol. The molecule has 2 aromatic carbocycles. The summed E-state index contributed by atoms with van der Waals surface area (Å²) in [6.45, 7) is 0.497. The minimum Gasteiger partial charge on any atom is -0.308 e. The predicted molar refractivity (Wildman–Crippen MR) is 108 cm³/mol. The molecule has 0 atom stereocenters. The maximum atomic E-state index is 13.0. The number of sulfonamides is 1. The third kappa shape index (κ3) is 4.20. The number of hydroxylamine groups is 1. The summed E-state index contributed by atoms with van der Waals surface area (Å²) in [7, 11) is -4.59. The Morgan fingerprint density at radius 2 is 1.66 bits per heavy atom. The molecule has 0 aliphatic carbocycles. The second-order valence-electron chi connectivity index (χ2n) is 6.74. The molecule has 0 bridgehead atoms. The number of fused-ring (bicyclic) bond motifs is 1. The van der Waals surface area contributed by atoms with Crippen LogP contribution < -0.4 is 4.90 Å². The van der Waals surface area contributed by atoms with Gasteiger partial charge in [-0.3, -0.25) is 9.63 Å². The number of sulfone groups is 1. The summed E-state index contributed by atoms with van der Waals surface area (Å²) in [5.41, 5.74) is 1.81. The average Bonchev–Trinajstić information content (AvgIpc) is 2.71. The Labute approximate surface area is 170 Å². The van der Waals surface area contributed by atoms with Crippen LogP contribution in [-0.2, 0) is 31.1 Å². The molecule has 2 aromatic rings. The van der Waals surface area contributed by atoms with Crippen LogP contribution in [0.2, 0.25) is 0 Å². The summed E-state index contributed by atoms with van der Waals surface area (Å²) in [6, 6.07) is 10.4. The lowest BCUT2D eigenvalue weighted by Crippen LogP contribution is -2.35. The van der Waals surface area contributed by atoms with Crippen molar-refractivity contribution in [1.29, 1.82) is 0 Å². The third-order valence-corrected chi connectivity index (χ3v) is 7.64. The number of anilines is 1. The number of carbonyl (C=O) groups is 1. The van der Waals surface area contributed by atoms with Crippen LogP contribution in [0, 0.1) is 0 Å². The van der Waals surface area contributed by atoms with E-state index in [2.05, 4.69) is 0 Å². The molecule has 1 heterocycles. The van der Waals surface area contributed by atoms with E-state index in [0.717, 1.165) is 16.3 Å². The van der Waals surface area contributed by atoms with E-state index in [-0.39, 0.29) is 15.7 Å². The maximum Gasteiger partial charge on any atom is 0.264 e. The second kappa shape index (κ2) is 7.86. The van der Waals surface area contributed by atoms with Crippen LogP contribution in [0.4, 0.5) is 5.69 Å². The molecule has 0 unspecified atom stereocenters. The molecule has 0 saturated heterocycles. The monoisotopic (exact) mass is 438 g/mol. The van der Waals surface area contributed by atoms with Gasteiger partial charge in [0.05, 0.1) is 16.9 Å². The summed E-state index contributed by atoms with van der Waals surface area (Å²) >= 11 is 0. The molecule has 10 heteroatoms. The Bertz CT molecular complexity index is 1140. The summed E-state index contributed by atoms with van der Waals surface area (Å²) in [5.74, 6) is -0.276. The van der Waals surface area contributed by atoms with Crippen molar-refractivity contribution < 1.29 is 26.5 Å². The van der Waals surface area contributed by atoms with Gasteiger partial charge in [0.15, 0.2) is 9.84 Å². The fourth-order valence-corrected chi connectivity index (χ4v) is 4.83. The van der Waals surface area contributed by atoms with Gasteiger partial charge in [-0.1, -0.05) is 4.47 Å². The van der Waals surface area contributed by atoms with Gasteiger partial charge in [0, 0.05) is 31.1 Å². The van der Waals surface area contributed by atoms with Crippen LogP contribution in [-0.4, -0.2) is 54.2 Å².